The molecule has 3 rings (SSSR count). The molecule has 0 unspecified atom stereocenters. The Morgan fingerprint density at radius 3 is 2.26 bits per heavy atom. The van der Waals surface area contributed by atoms with Crippen molar-refractivity contribution in [1.82, 2.24) is 10.2 Å². The minimum Gasteiger partial charge on any atom is -0.466 e. The van der Waals surface area contributed by atoms with Crippen LogP contribution in [-0.2, 0) is 25.6 Å². The van der Waals surface area contributed by atoms with E-state index < -0.39 is 22.8 Å². The van der Waals surface area contributed by atoms with E-state index in [2.05, 4.69) is 22.3 Å². The number of esters is 2. The number of nitro groups is 1. The van der Waals surface area contributed by atoms with Crippen molar-refractivity contribution in [1.29, 1.82) is 0 Å². The SMILES string of the molecule is COC(=O)C1=C(C)NC(C)=C(C(=O)OCC(C)(C)CN(C)Cc2ccccc2)[C@@H]1c1cccc([N+](=O)[O-])c1. The Hall–Kier alpha value is -3.98. The normalized spacial score (nSPS) is 15.8. The average Bonchev–Trinajstić information content (AvgIpc) is 2.86. The fourth-order valence-electron chi connectivity index (χ4n) is 4.86. The first kappa shape index (κ1) is 28.6. The number of dihydropyridines is 1. The van der Waals surface area contributed by atoms with Gasteiger partial charge in [0.05, 0.1) is 35.7 Å². The number of non-ortho nitro benzene ring substituents is 1. The molecule has 202 valence electrons. The van der Waals surface area contributed by atoms with Crippen LogP contribution >= 0.6 is 0 Å². The summed E-state index contributed by atoms with van der Waals surface area (Å²) in [6.45, 7) is 9.03. The molecule has 38 heavy (non-hydrogen) atoms. The van der Waals surface area contributed by atoms with Crippen molar-refractivity contribution in [3.8, 4) is 0 Å². The second-order valence-electron chi connectivity index (χ2n) is 10.4. The quantitative estimate of drug-likeness (QED) is 0.272. The van der Waals surface area contributed by atoms with Crippen molar-refractivity contribution in [2.75, 3.05) is 27.3 Å². The third-order valence-corrected chi connectivity index (χ3v) is 6.39. The van der Waals surface area contributed by atoms with Gasteiger partial charge < -0.3 is 19.7 Å². The van der Waals surface area contributed by atoms with Crippen molar-refractivity contribution in [2.45, 2.75) is 40.2 Å². The summed E-state index contributed by atoms with van der Waals surface area (Å²) in [6.07, 6.45) is 0. The maximum Gasteiger partial charge on any atom is 0.336 e. The molecule has 0 amide bonds. The van der Waals surface area contributed by atoms with Crippen molar-refractivity contribution in [2.24, 2.45) is 5.41 Å². The molecule has 2 aromatic carbocycles. The summed E-state index contributed by atoms with van der Waals surface area (Å²) in [5, 5.41) is 14.5. The molecule has 9 heteroatoms. The average molecular weight is 522 g/mol. The summed E-state index contributed by atoms with van der Waals surface area (Å²) >= 11 is 0. The molecule has 0 spiro atoms. The number of hydrogen-bond donors (Lipinski definition) is 1. The van der Waals surface area contributed by atoms with E-state index in [0.717, 1.165) is 6.54 Å². The van der Waals surface area contributed by atoms with Crippen molar-refractivity contribution in [3.05, 3.63) is 98.4 Å². The van der Waals surface area contributed by atoms with Gasteiger partial charge in [-0.1, -0.05) is 56.3 Å². The van der Waals surface area contributed by atoms with E-state index in [1.807, 2.05) is 39.1 Å². The molecule has 0 radical (unpaired) electrons. The number of hydrogen-bond acceptors (Lipinski definition) is 8. The summed E-state index contributed by atoms with van der Waals surface area (Å²) < 4.78 is 10.8. The van der Waals surface area contributed by atoms with Crippen LogP contribution in [0.25, 0.3) is 0 Å². The Morgan fingerprint density at radius 1 is 1.03 bits per heavy atom. The van der Waals surface area contributed by atoms with Crippen LogP contribution in [0.3, 0.4) is 0 Å². The molecule has 0 saturated heterocycles. The summed E-state index contributed by atoms with van der Waals surface area (Å²) in [5.41, 5.74) is 2.53. The van der Waals surface area contributed by atoms with E-state index >= 15 is 0 Å². The van der Waals surface area contributed by atoms with Crippen LogP contribution in [0.2, 0.25) is 0 Å². The highest BCUT2D eigenvalue weighted by molar-refractivity contribution is 5.99. The number of ether oxygens (including phenoxy) is 2. The predicted molar refractivity (Wildman–Crippen MR) is 144 cm³/mol. The Balaban J connectivity index is 1.85. The van der Waals surface area contributed by atoms with Gasteiger partial charge in [-0.2, -0.15) is 0 Å². The van der Waals surface area contributed by atoms with Gasteiger partial charge in [0.25, 0.3) is 5.69 Å². The smallest absolute Gasteiger partial charge is 0.336 e. The molecule has 1 heterocycles. The zero-order chi connectivity index (χ0) is 28.0. The number of nitrogens with one attached hydrogen (secondary N) is 1. The highest BCUT2D eigenvalue weighted by atomic mass is 16.6. The summed E-state index contributed by atoms with van der Waals surface area (Å²) in [5.74, 6) is -2.12. The number of rotatable bonds is 10. The van der Waals surface area contributed by atoms with E-state index in [9.17, 15) is 19.7 Å². The Labute approximate surface area is 223 Å². The molecule has 2 aromatic rings. The number of carbonyl (C=O) groups is 2. The second kappa shape index (κ2) is 12.0. The molecule has 0 bridgehead atoms. The van der Waals surface area contributed by atoms with Crippen molar-refractivity contribution >= 4 is 17.6 Å². The number of allylic oxidation sites excluding steroid dienone is 2. The lowest BCUT2D eigenvalue weighted by Crippen LogP contribution is -2.37. The van der Waals surface area contributed by atoms with E-state index in [4.69, 9.17) is 9.47 Å². The molecular weight excluding hydrogens is 486 g/mol. The minimum atomic E-state index is -0.889. The third kappa shape index (κ3) is 6.86. The van der Waals surface area contributed by atoms with Crippen LogP contribution in [0.1, 0.15) is 44.7 Å². The first-order chi connectivity index (χ1) is 17.9. The molecular formula is C29H35N3O6. The van der Waals surface area contributed by atoms with Crippen LogP contribution < -0.4 is 5.32 Å². The zero-order valence-corrected chi connectivity index (χ0v) is 22.7. The van der Waals surface area contributed by atoms with Gasteiger partial charge in [0.15, 0.2) is 0 Å². The minimum absolute atomic E-state index is 0.139. The number of benzene rings is 2. The molecule has 0 aromatic heterocycles. The van der Waals surface area contributed by atoms with Gasteiger partial charge >= 0.3 is 11.9 Å². The molecule has 1 N–H and O–H groups in total. The highest BCUT2D eigenvalue weighted by Crippen LogP contribution is 2.40. The van der Waals surface area contributed by atoms with Crippen molar-refractivity contribution in [3.63, 3.8) is 0 Å². The summed E-state index contributed by atoms with van der Waals surface area (Å²) in [4.78, 5) is 39.5. The first-order valence-electron chi connectivity index (χ1n) is 12.3. The van der Waals surface area contributed by atoms with Gasteiger partial charge in [0.1, 0.15) is 0 Å². The van der Waals surface area contributed by atoms with Crippen LogP contribution in [0.4, 0.5) is 5.69 Å². The Morgan fingerprint density at radius 2 is 1.66 bits per heavy atom. The molecule has 1 aliphatic rings. The van der Waals surface area contributed by atoms with E-state index in [0.29, 0.717) is 23.5 Å². The zero-order valence-electron chi connectivity index (χ0n) is 22.7. The fourth-order valence-corrected chi connectivity index (χ4v) is 4.86. The molecule has 1 aliphatic heterocycles. The van der Waals surface area contributed by atoms with Gasteiger partial charge in [0.2, 0.25) is 0 Å². The Kier molecular flexibility index (Phi) is 9.06. The van der Waals surface area contributed by atoms with Gasteiger partial charge in [-0.15, -0.1) is 0 Å². The van der Waals surface area contributed by atoms with Gasteiger partial charge in [-0.25, -0.2) is 9.59 Å². The lowest BCUT2D eigenvalue weighted by molar-refractivity contribution is -0.384. The summed E-state index contributed by atoms with van der Waals surface area (Å²) in [6, 6.07) is 16.0. The number of nitro benzene ring substituents is 1. The third-order valence-electron chi connectivity index (χ3n) is 6.39. The Bertz CT molecular complexity index is 1270. The lowest BCUT2D eigenvalue weighted by atomic mass is 9.80. The predicted octanol–water partition coefficient (Wildman–Crippen LogP) is 4.70. The lowest BCUT2D eigenvalue weighted by Gasteiger charge is -2.32. The largest absolute Gasteiger partial charge is 0.466 e. The molecule has 0 aliphatic carbocycles. The monoisotopic (exact) mass is 521 g/mol. The number of methoxy groups -OCH3 is 1. The first-order valence-corrected chi connectivity index (χ1v) is 12.3. The second-order valence-corrected chi connectivity index (χ2v) is 10.4. The van der Waals surface area contributed by atoms with E-state index in [1.165, 1.54) is 30.9 Å². The van der Waals surface area contributed by atoms with Gasteiger partial charge in [0, 0.05) is 42.0 Å². The highest BCUT2D eigenvalue weighted by Gasteiger charge is 2.39. The van der Waals surface area contributed by atoms with Gasteiger partial charge in [-0.05, 0) is 32.0 Å². The maximum atomic E-state index is 13.6. The maximum absolute atomic E-state index is 13.6. The van der Waals surface area contributed by atoms with Gasteiger partial charge in [-0.3, -0.25) is 10.1 Å². The standard InChI is InChI=1S/C29H35N3O6/c1-19-24(27(33)37-6)26(22-13-10-14-23(15-22)32(35)36)25(20(2)30-19)28(34)38-18-29(3,4)17-31(5)16-21-11-8-7-9-12-21/h7-15,26,30H,16-18H2,1-6H3/t26-/m1/s1. The fraction of sp³-hybridized carbons (Fsp3) is 0.379. The van der Waals surface area contributed by atoms with Crippen molar-refractivity contribution < 1.29 is 24.0 Å². The molecule has 0 saturated carbocycles. The van der Waals surface area contributed by atoms with Crippen LogP contribution in [0, 0.1) is 15.5 Å². The van der Waals surface area contributed by atoms with Crippen LogP contribution in [0.15, 0.2) is 77.1 Å². The van der Waals surface area contributed by atoms with Crippen LogP contribution in [-0.4, -0.2) is 49.1 Å². The molecule has 1 atom stereocenters. The number of nitrogens with zero attached hydrogens (tertiary/aromatic N) is 2. The van der Waals surface area contributed by atoms with E-state index in [-0.39, 0.29) is 28.9 Å². The summed E-state index contributed by atoms with van der Waals surface area (Å²) in [7, 11) is 3.27. The topological polar surface area (TPSA) is 111 Å². The van der Waals surface area contributed by atoms with E-state index in [1.54, 1.807) is 19.9 Å². The van der Waals surface area contributed by atoms with Crippen LogP contribution in [0.5, 0.6) is 0 Å². The number of carbonyl (C=O) groups excluding carboxylic acids is 2. The molecule has 0 fully saturated rings. The molecule has 9 nitrogen and oxygen atoms in total.